The number of ether oxygens (including phenoxy) is 1. The molecule has 1 N–H and O–H groups in total. The average Bonchev–Trinajstić information content (AvgIpc) is 2.57. The number of carbonyl (C=O) groups is 2. The van der Waals surface area contributed by atoms with E-state index in [0.717, 1.165) is 27.3 Å². The third-order valence-corrected chi connectivity index (χ3v) is 4.70. The molecule has 0 saturated carbocycles. The Morgan fingerprint density at radius 3 is 2.28 bits per heavy atom. The Morgan fingerprint density at radius 1 is 1.08 bits per heavy atom. The Hall–Kier alpha value is -2.27. The van der Waals surface area contributed by atoms with Crippen LogP contribution in [0, 0.1) is 20.8 Å². The summed E-state index contributed by atoms with van der Waals surface area (Å²) in [5.41, 5.74) is 4.34. The SMILES string of the molecule is CSc1ccccc1C(=O)O[C@@H](C)C(=O)Nc1c(C)cc(C)cc1C. The van der Waals surface area contributed by atoms with Crippen LogP contribution in [-0.2, 0) is 9.53 Å². The number of esters is 1. The van der Waals surface area contributed by atoms with E-state index in [2.05, 4.69) is 5.32 Å². The first kappa shape index (κ1) is 19.1. The van der Waals surface area contributed by atoms with Gasteiger partial charge in [0.05, 0.1) is 5.56 Å². The molecule has 1 amide bonds. The van der Waals surface area contributed by atoms with Gasteiger partial charge in [0.25, 0.3) is 5.91 Å². The molecule has 0 spiro atoms. The van der Waals surface area contributed by atoms with Gasteiger partial charge in [0.2, 0.25) is 0 Å². The van der Waals surface area contributed by atoms with Crippen LogP contribution in [0.4, 0.5) is 5.69 Å². The predicted octanol–water partition coefficient (Wildman–Crippen LogP) is 4.52. The highest BCUT2D eigenvalue weighted by Crippen LogP contribution is 2.23. The van der Waals surface area contributed by atoms with E-state index in [1.54, 1.807) is 19.1 Å². The minimum atomic E-state index is -0.887. The molecule has 0 fully saturated rings. The van der Waals surface area contributed by atoms with Gasteiger partial charge in [-0.25, -0.2) is 4.79 Å². The summed E-state index contributed by atoms with van der Waals surface area (Å²) in [5.74, 6) is -0.838. The fourth-order valence-electron chi connectivity index (χ4n) is 2.69. The zero-order chi connectivity index (χ0) is 18.6. The molecule has 2 aromatic rings. The van der Waals surface area contributed by atoms with Crippen molar-refractivity contribution in [1.29, 1.82) is 0 Å². The average molecular weight is 357 g/mol. The molecule has 0 saturated heterocycles. The molecular weight excluding hydrogens is 334 g/mol. The van der Waals surface area contributed by atoms with Crippen LogP contribution in [0.2, 0.25) is 0 Å². The normalized spacial score (nSPS) is 11.7. The van der Waals surface area contributed by atoms with Gasteiger partial charge >= 0.3 is 5.97 Å². The molecule has 0 heterocycles. The second-order valence-corrected chi connectivity index (χ2v) is 6.86. The van der Waals surface area contributed by atoms with Gasteiger partial charge in [0, 0.05) is 10.6 Å². The molecule has 0 aromatic heterocycles. The van der Waals surface area contributed by atoms with E-state index in [4.69, 9.17) is 4.74 Å². The molecule has 132 valence electrons. The number of hydrogen-bond donors (Lipinski definition) is 1. The lowest BCUT2D eigenvalue weighted by Crippen LogP contribution is -2.30. The highest BCUT2D eigenvalue weighted by atomic mass is 32.2. The fraction of sp³-hybridized carbons (Fsp3) is 0.300. The van der Waals surface area contributed by atoms with Crippen molar-refractivity contribution in [2.45, 2.75) is 38.7 Å². The van der Waals surface area contributed by atoms with E-state index in [0.29, 0.717) is 5.56 Å². The van der Waals surface area contributed by atoms with E-state index in [1.807, 2.05) is 51.3 Å². The second kappa shape index (κ2) is 8.21. The van der Waals surface area contributed by atoms with Crippen molar-refractivity contribution < 1.29 is 14.3 Å². The largest absolute Gasteiger partial charge is 0.449 e. The number of thioether (sulfide) groups is 1. The van der Waals surface area contributed by atoms with E-state index < -0.39 is 12.1 Å². The lowest BCUT2D eigenvalue weighted by atomic mass is 10.0. The highest BCUT2D eigenvalue weighted by Gasteiger charge is 2.21. The summed E-state index contributed by atoms with van der Waals surface area (Å²) in [6, 6.07) is 11.2. The third kappa shape index (κ3) is 4.63. The maximum absolute atomic E-state index is 12.4. The quantitative estimate of drug-likeness (QED) is 0.631. The Bertz CT molecular complexity index is 778. The molecule has 4 nitrogen and oxygen atoms in total. The number of hydrogen-bond acceptors (Lipinski definition) is 4. The summed E-state index contributed by atoms with van der Waals surface area (Å²) in [7, 11) is 0. The number of amides is 1. The molecule has 0 bridgehead atoms. The maximum Gasteiger partial charge on any atom is 0.340 e. The monoisotopic (exact) mass is 357 g/mol. The Kier molecular flexibility index (Phi) is 6.26. The van der Waals surface area contributed by atoms with Gasteiger partial charge in [0.1, 0.15) is 0 Å². The van der Waals surface area contributed by atoms with Crippen LogP contribution in [0.5, 0.6) is 0 Å². The van der Waals surface area contributed by atoms with Gasteiger partial charge in [-0.2, -0.15) is 0 Å². The van der Waals surface area contributed by atoms with Crippen LogP contribution >= 0.6 is 11.8 Å². The predicted molar refractivity (Wildman–Crippen MR) is 102 cm³/mol. The van der Waals surface area contributed by atoms with E-state index in [9.17, 15) is 9.59 Å². The van der Waals surface area contributed by atoms with Crippen LogP contribution in [0.1, 0.15) is 34.0 Å². The summed E-state index contributed by atoms with van der Waals surface area (Å²) in [5, 5.41) is 2.87. The molecule has 2 aromatic carbocycles. The molecule has 0 aliphatic rings. The van der Waals surface area contributed by atoms with Crippen molar-refractivity contribution in [3.8, 4) is 0 Å². The summed E-state index contributed by atoms with van der Waals surface area (Å²) in [6.45, 7) is 7.48. The summed E-state index contributed by atoms with van der Waals surface area (Å²) in [4.78, 5) is 25.6. The first-order valence-corrected chi connectivity index (χ1v) is 9.28. The Morgan fingerprint density at radius 2 is 1.68 bits per heavy atom. The smallest absolute Gasteiger partial charge is 0.340 e. The number of carbonyl (C=O) groups excluding carboxylic acids is 2. The van der Waals surface area contributed by atoms with Crippen molar-refractivity contribution in [1.82, 2.24) is 0 Å². The summed E-state index contributed by atoms with van der Waals surface area (Å²) >= 11 is 1.47. The number of aryl methyl sites for hydroxylation is 3. The maximum atomic E-state index is 12.4. The van der Waals surface area contributed by atoms with Crippen LogP contribution in [0.3, 0.4) is 0 Å². The lowest BCUT2D eigenvalue weighted by molar-refractivity contribution is -0.123. The minimum absolute atomic E-state index is 0.343. The molecule has 5 heteroatoms. The summed E-state index contributed by atoms with van der Waals surface area (Å²) < 4.78 is 5.35. The molecular formula is C20H23NO3S. The van der Waals surface area contributed by atoms with E-state index in [-0.39, 0.29) is 5.91 Å². The zero-order valence-corrected chi connectivity index (χ0v) is 16.0. The van der Waals surface area contributed by atoms with Crippen molar-refractivity contribution in [2.75, 3.05) is 11.6 Å². The van der Waals surface area contributed by atoms with Crippen molar-refractivity contribution in [3.05, 3.63) is 58.7 Å². The zero-order valence-electron chi connectivity index (χ0n) is 15.2. The van der Waals surface area contributed by atoms with Crippen molar-refractivity contribution >= 4 is 29.3 Å². The molecule has 0 unspecified atom stereocenters. The summed E-state index contributed by atoms with van der Waals surface area (Å²) in [6.07, 6.45) is 1.01. The fourth-order valence-corrected chi connectivity index (χ4v) is 3.28. The number of anilines is 1. The van der Waals surface area contributed by atoms with Gasteiger partial charge in [-0.05, 0) is 57.2 Å². The third-order valence-electron chi connectivity index (χ3n) is 3.91. The van der Waals surface area contributed by atoms with Gasteiger partial charge in [0.15, 0.2) is 6.10 Å². The van der Waals surface area contributed by atoms with E-state index in [1.165, 1.54) is 11.8 Å². The first-order valence-electron chi connectivity index (χ1n) is 8.06. The molecule has 0 aliphatic carbocycles. The molecule has 2 rings (SSSR count). The minimum Gasteiger partial charge on any atom is -0.449 e. The van der Waals surface area contributed by atoms with Gasteiger partial charge < -0.3 is 10.1 Å². The second-order valence-electron chi connectivity index (χ2n) is 6.01. The topological polar surface area (TPSA) is 55.4 Å². The molecule has 1 atom stereocenters. The Labute approximate surface area is 153 Å². The van der Waals surface area contributed by atoms with Crippen LogP contribution in [-0.4, -0.2) is 24.2 Å². The molecule has 0 radical (unpaired) electrons. The number of rotatable bonds is 5. The standard InChI is InChI=1S/C20H23NO3S/c1-12-10-13(2)18(14(3)11-12)21-19(22)15(4)24-20(23)16-8-6-7-9-17(16)25-5/h6-11,15H,1-5H3,(H,21,22)/t15-/m0/s1. The number of benzene rings is 2. The molecule has 25 heavy (non-hydrogen) atoms. The molecule has 0 aliphatic heterocycles. The van der Waals surface area contributed by atoms with Crippen LogP contribution in [0.15, 0.2) is 41.3 Å². The van der Waals surface area contributed by atoms with Crippen LogP contribution < -0.4 is 5.32 Å². The first-order chi connectivity index (χ1) is 11.8. The Balaban J connectivity index is 2.09. The van der Waals surface area contributed by atoms with Crippen molar-refractivity contribution in [2.24, 2.45) is 0 Å². The highest BCUT2D eigenvalue weighted by molar-refractivity contribution is 7.98. The lowest BCUT2D eigenvalue weighted by Gasteiger charge is -2.17. The van der Waals surface area contributed by atoms with Crippen molar-refractivity contribution in [3.63, 3.8) is 0 Å². The van der Waals surface area contributed by atoms with Gasteiger partial charge in [-0.1, -0.05) is 29.8 Å². The van der Waals surface area contributed by atoms with Crippen LogP contribution in [0.25, 0.3) is 0 Å². The van der Waals surface area contributed by atoms with Gasteiger partial charge in [-0.15, -0.1) is 11.8 Å². The van der Waals surface area contributed by atoms with Gasteiger partial charge in [-0.3, -0.25) is 4.79 Å². The van der Waals surface area contributed by atoms with E-state index >= 15 is 0 Å². The number of nitrogens with one attached hydrogen (secondary N) is 1.